The third-order valence-electron chi connectivity index (χ3n) is 18.5. The maximum absolute atomic E-state index is 15.4. The first kappa shape index (κ1) is 92.1. The first-order chi connectivity index (χ1) is 53.3. The maximum atomic E-state index is 15.4. The number of nitrogens with zero attached hydrogens (tertiary/aromatic N) is 2. The van der Waals surface area contributed by atoms with Crippen LogP contribution in [0.4, 0.5) is 0 Å². The lowest BCUT2D eigenvalue weighted by molar-refractivity contribution is -0.144. The number of hydrogen-bond acceptors (Lipinski definition) is 29. The fourth-order valence-corrected chi connectivity index (χ4v) is 14.2. The van der Waals surface area contributed by atoms with Gasteiger partial charge in [-0.3, -0.25) is 62.0 Å². The number of ether oxygens (including phenoxy) is 10. The molecule has 2 unspecified atom stereocenters. The number of thioether (sulfide) groups is 1. The van der Waals surface area contributed by atoms with E-state index in [1.54, 1.807) is 37.2 Å². The van der Waals surface area contributed by atoms with Crippen molar-refractivity contribution in [3.05, 3.63) is 35.2 Å². The van der Waals surface area contributed by atoms with E-state index < -0.39 is 194 Å². The molecule has 1 fully saturated rings. The average Bonchev–Trinajstić information content (AvgIpc) is 1.61. The van der Waals surface area contributed by atoms with Crippen molar-refractivity contribution in [2.24, 2.45) is 29.4 Å². The fourth-order valence-electron chi connectivity index (χ4n) is 12.0. The zero-order valence-corrected chi connectivity index (χ0v) is 65.1. The number of carboxylic acid groups (broad SMARTS) is 1. The molecular weight excluding hydrogens is 1500 g/mol. The van der Waals surface area contributed by atoms with E-state index in [1.807, 2.05) is 0 Å². The van der Waals surface area contributed by atoms with E-state index in [1.165, 1.54) is 32.7 Å². The number of H-pyrrole nitrogens is 1. The molecule has 2 aromatic rings. The minimum absolute atomic E-state index is 0.0957. The van der Waals surface area contributed by atoms with Crippen molar-refractivity contribution in [3.8, 4) is 5.75 Å². The van der Waals surface area contributed by atoms with Crippen LogP contribution in [0.5, 0.6) is 5.75 Å². The van der Waals surface area contributed by atoms with Gasteiger partial charge in [0.15, 0.2) is 5.78 Å². The van der Waals surface area contributed by atoms with Crippen LogP contribution in [0.3, 0.4) is 0 Å². The highest BCUT2D eigenvalue weighted by atomic mass is 32.2. The SMILES string of the molecule is CC[C@H](C)[C@@H]1CC(=O)CNC(=O)[C@@H]2Cc3c([nH]c4c(CSCCOCCOCCOCCOCCOCCOCCOCCOCCOCCN5C=C(CNC(=O)CC(C)C(=O)O)NN5)c(OC)ccc34)S(=O)C[C@@H](NC(=O)CNC1=O)C(=O)N[C@@H](CC(N)=O)C(=O)N1C[C@H](O)C[C@H]1C(=O)N[C@@H]([C@@H](C)[C@@H](O)CO)C(=O)N2. The summed E-state index contributed by atoms with van der Waals surface area (Å²) in [5.41, 5.74) is 13.2. The number of rotatable bonds is 45. The summed E-state index contributed by atoms with van der Waals surface area (Å²) in [5, 5.41) is 60.8. The number of benzene rings is 1. The predicted octanol–water partition coefficient (Wildman–Crippen LogP) is -4.75. The van der Waals surface area contributed by atoms with Crippen LogP contribution in [-0.4, -0.2) is 324 Å². The van der Waals surface area contributed by atoms with Crippen LogP contribution in [-0.2, 0) is 118 Å². The van der Waals surface area contributed by atoms with E-state index in [2.05, 4.69) is 53.2 Å². The molecule has 2 bridgehead atoms. The number of aliphatic carboxylic acids is 1. The van der Waals surface area contributed by atoms with Gasteiger partial charge in [0.1, 0.15) is 41.0 Å². The summed E-state index contributed by atoms with van der Waals surface area (Å²) in [4.78, 5) is 155. The third-order valence-corrected chi connectivity index (χ3v) is 20.9. The number of carboxylic acids is 1. The molecule has 6 rings (SSSR count). The number of carbonyl (C=O) groups is 11. The molecule has 4 aliphatic rings. The van der Waals surface area contributed by atoms with Crippen molar-refractivity contribution in [1.82, 2.24) is 63.1 Å². The van der Waals surface area contributed by atoms with Gasteiger partial charge in [-0.15, -0.1) is 5.53 Å². The van der Waals surface area contributed by atoms with Gasteiger partial charge in [-0.1, -0.05) is 34.1 Å². The molecule has 5 heterocycles. The fraction of sp³-hybridized carbons (Fsp3) is 0.700. The van der Waals surface area contributed by atoms with Crippen LogP contribution < -0.4 is 58.6 Å². The Labute approximate surface area is 650 Å². The van der Waals surface area contributed by atoms with E-state index in [0.717, 1.165) is 10.6 Å². The lowest BCUT2D eigenvalue weighted by Crippen LogP contribution is -2.62. The Balaban J connectivity index is 0.969. The number of methoxy groups -OCH3 is 1. The second-order valence-electron chi connectivity index (χ2n) is 26.8. The topological polar surface area (TPSA) is 535 Å². The van der Waals surface area contributed by atoms with Gasteiger partial charge < -0.3 is 126 Å². The first-order valence-corrected chi connectivity index (χ1v) is 39.5. The lowest BCUT2D eigenvalue weighted by atomic mass is 9.86. The summed E-state index contributed by atoms with van der Waals surface area (Å²) in [5.74, 6) is -13.5. The molecule has 9 amide bonds. The number of amides is 9. The number of hydrogen-bond donors (Lipinski definition) is 15. The van der Waals surface area contributed by atoms with Crippen LogP contribution in [0.15, 0.2) is 29.1 Å². The average molecular weight is 1610 g/mol. The van der Waals surface area contributed by atoms with Crippen LogP contribution >= 0.6 is 11.8 Å². The van der Waals surface area contributed by atoms with Gasteiger partial charge in [0.05, 0.1) is 211 Å². The van der Waals surface area contributed by atoms with Crippen LogP contribution in [0.25, 0.3) is 10.9 Å². The largest absolute Gasteiger partial charge is 0.496 e. The molecule has 39 nitrogen and oxygen atoms in total. The summed E-state index contributed by atoms with van der Waals surface area (Å²) in [7, 11) is -1.00. The number of aromatic nitrogens is 1. The number of nitrogens with one attached hydrogen (secondary N) is 10. The molecular formula is C70H111N13O26S2. The zero-order valence-electron chi connectivity index (χ0n) is 63.5. The van der Waals surface area contributed by atoms with Crippen molar-refractivity contribution in [2.75, 3.05) is 177 Å². The number of primary amides is 1. The number of nitrogens with two attached hydrogens (primary N) is 1. The highest BCUT2D eigenvalue weighted by Crippen LogP contribution is 2.36. The van der Waals surface area contributed by atoms with Crippen molar-refractivity contribution < 1.29 is 125 Å². The molecule has 4 aliphatic heterocycles. The smallest absolute Gasteiger partial charge is 0.306 e. The van der Waals surface area contributed by atoms with Gasteiger partial charge in [-0.25, -0.2) is 0 Å². The second kappa shape index (κ2) is 49.7. The Morgan fingerprint density at radius 2 is 1.31 bits per heavy atom. The van der Waals surface area contributed by atoms with Crippen molar-refractivity contribution >= 4 is 98.4 Å². The van der Waals surface area contributed by atoms with E-state index in [9.17, 15) is 68.1 Å². The molecule has 1 aromatic heterocycles. The molecule has 41 heteroatoms. The Bertz CT molecular complexity index is 3430. The molecule has 1 aromatic carbocycles. The van der Waals surface area contributed by atoms with Gasteiger partial charge in [0.2, 0.25) is 53.2 Å². The highest BCUT2D eigenvalue weighted by Gasteiger charge is 2.45. The lowest BCUT2D eigenvalue weighted by Gasteiger charge is -2.32. The molecule has 0 spiro atoms. The molecule has 624 valence electrons. The standard InChI is InChI=1S/C70H111N13O26S2/c1-6-42(2)49-30-46(85)35-73-64(92)52-32-50-48-7-8-57(100-5)51(40-110-28-27-109-26-25-108-24-23-107-22-21-106-20-19-105-18-17-104-16-15-103-14-13-102-12-11-101-10-9-82-37-45(80-81-82)34-72-59(89)29-43(3)70(97)98)62(48)79-68(50)111(99)41-54(75-60(90)36-74-63(49)91)65(93)77-53(33-58(71)88)69(96)83-38-47(86)31-55(83)66(94)78-61(67(95)76-52)44(4)56(87)39-84/h7-8,37,42-44,47,49,52-56,61,79-81,84,86-87H,6,9-36,38-41H2,1-5H3,(H2,71,88)(H,72,89)(H,73,92)(H,74,91)(H,75,90)(H,76,95)(H,77,93)(H,78,94)(H,97,98)/t42-,43?,44-,47+,49-,52-,53-,54+,55-,56-,61-,111?/m0/s1. The minimum atomic E-state index is -2.44. The summed E-state index contributed by atoms with van der Waals surface area (Å²) >= 11 is 1.44. The molecule has 1 saturated heterocycles. The number of fused-ring (bicyclic) bond motifs is 5. The van der Waals surface area contributed by atoms with Gasteiger partial charge in [0, 0.05) is 72.7 Å². The first-order valence-electron chi connectivity index (χ1n) is 37.0. The summed E-state index contributed by atoms with van der Waals surface area (Å²) in [6.07, 6.45) is -3.19. The maximum Gasteiger partial charge on any atom is 0.306 e. The number of Topliss-reactive ketones (excluding diaryl/α,β-unsaturated/α-hetero) is 1. The number of carbonyl (C=O) groups excluding carboxylic acids is 10. The summed E-state index contributed by atoms with van der Waals surface area (Å²) in [6.45, 7) is 10.8. The van der Waals surface area contributed by atoms with Gasteiger partial charge >= 0.3 is 5.97 Å². The Kier molecular flexibility index (Phi) is 41.2. The van der Waals surface area contributed by atoms with Crippen molar-refractivity contribution in [2.45, 2.75) is 119 Å². The van der Waals surface area contributed by atoms with Crippen LogP contribution in [0.2, 0.25) is 0 Å². The third kappa shape index (κ3) is 31.3. The van der Waals surface area contributed by atoms with Crippen LogP contribution in [0.1, 0.15) is 70.9 Å². The van der Waals surface area contributed by atoms with Gasteiger partial charge in [0.25, 0.3) is 0 Å². The van der Waals surface area contributed by atoms with Gasteiger partial charge in [-0.2, -0.15) is 11.8 Å². The summed E-state index contributed by atoms with van der Waals surface area (Å²) < 4.78 is 71.7. The number of aromatic amines is 1. The van der Waals surface area contributed by atoms with Gasteiger partial charge in [-0.05, 0) is 23.6 Å². The molecule has 0 saturated carbocycles. The van der Waals surface area contributed by atoms with E-state index in [4.69, 9.17) is 58.2 Å². The normalized spacial score (nSPS) is 22.4. The molecule has 12 atom stereocenters. The molecule has 0 aliphatic carbocycles. The monoisotopic (exact) mass is 1610 g/mol. The quantitative estimate of drug-likeness (QED) is 0.0277. The highest BCUT2D eigenvalue weighted by molar-refractivity contribution is 7.98. The van der Waals surface area contributed by atoms with Crippen LogP contribution in [0, 0.1) is 23.7 Å². The Morgan fingerprint density at radius 3 is 1.87 bits per heavy atom. The van der Waals surface area contributed by atoms with E-state index in [-0.39, 0.29) is 48.4 Å². The Hall–Kier alpha value is -7.75. The number of hydrazine groups is 2. The number of aliphatic hydroxyl groups excluding tert-OH is 3. The zero-order chi connectivity index (χ0) is 80.8. The van der Waals surface area contributed by atoms with Crippen molar-refractivity contribution in [3.63, 3.8) is 0 Å². The van der Waals surface area contributed by atoms with E-state index in [0.29, 0.717) is 147 Å². The Morgan fingerprint density at radius 1 is 0.721 bits per heavy atom. The van der Waals surface area contributed by atoms with Crippen molar-refractivity contribution in [1.29, 1.82) is 0 Å². The summed E-state index contributed by atoms with van der Waals surface area (Å²) in [6, 6.07) is -5.61. The second-order valence-corrected chi connectivity index (χ2v) is 29.3. The number of ketones is 1. The molecule has 111 heavy (non-hydrogen) atoms. The molecule has 0 radical (unpaired) electrons. The number of aliphatic hydroxyl groups is 3. The molecule has 16 N–H and O–H groups in total. The minimum Gasteiger partial charge on any atom is -0.496 e. The predicted molar refractivity (Wildman–Crippen MR) is 397 cm³/mol. The van der Waals surface area contributed by atoms with E-state index >= 15 is 4.21 Å².